The van der Waals surface area contributed by atoms with Gasteiger partial charge in [0.05, 0.1) is 12.6 Å². The second-order valence-electron chi connectivity index (χ2n) is 4.76. The highest BCUT2D eigenvalue weighted by atomic mass is 32.1. The summed E-state index contributed by atoms with van der Waals surface area (Å²) in [6.45, 7) is 0.531. The molecule has 4 nitrogen and oxygen atoms in total. The number of fused-ring (bicyclic) bond motifs is 2. The monoisotopic (exact) mass is 260 g/mol. The highest BCUT2D eigenvalue weighted by molar-refractivity contribution is 7.10. The van der Waals surface area contributed by atoms with E-state index in [0.29, 0.717) is 32.2 Å². The van der Waals surface area contributed by atoms with E-state index in [1.165, 1.54) is 11.3 Å². The molecule has 1 atom stereocenters. The van der Waals surface area contributed by atoms with Gasteiger partial charge in [-0.15, -0.1) is 11.3 Å². The minimum Gasteiger partial charge on any atom is -0.324 e. The molecular weight excluding hydrogens is 248 g/mol. The van der Waals surface area contributed by atoms with Crippen molar-refractivity contribution >= 4 is 23.0 Å². The molecule has 3 heterocycles. The van der Waals surface area contributed by atoms with Crippen LogP contribution in [0, 0.1) is 11.3 Å². The third kappa shape index (κ3) is 1.36. The van der Waals surface area contributed by atoms with Crippen LogP contribution in [0.4, 0.5) is 0 Å². The molecular formula is C13H12N2O2S. The predicted octanol–water partition coefficient (Wildman–Crippen LogP) is 2.11. The topological polar surface area (TPSA) is 61.2 Å². The molecule has 0 unspecified atom stereocenters. The number of amides is 1. The van der Waals surface area contributed by atoms with Crippen LogP contribution in [0.5, 0.6) is 0 Å². The molecule has 3 rings (SSSR count). The van der Waals surface area contributed by atoms with Gasteiger partial charge in [0, 0.05) is 23.3 Å². The average molecular weight is 260 g/mol. The summed E-state index contributed by atoms with van der Waals surface area (Å²) >= 11 is 1.52. The van der Waals surface area contributed by atoms with Crippen molar-refractivity contribution in [2.45, 2.75) is 37.8 Å². The summed E-state index contributed by atoms with van der Waals surface area (Å²) in [5.74, 6) is 0.0754. The molecule has 0 N–H and O–H groups in total. The van der Waals surface area contributed by atoms with E-state index >= 15 is 0 Å². The Balaban J connectivity index is 2.07. The highest BCUT2D eigenvalue weighted by Crippen LogP contribution is 2.43. The fourth-order valence-corrected chi connectivity index (χ4v) is 3.85. The van der Waals surface area contributed by atoms with Gasteiger partial charge in [-0.3, -0.25) is 9.59 Å². The van der Waals surface area contributed by atoms with E-state index in [0.717, 1.165) is 10.4 Å². The number of carbonyl (C=O) groups is 2. The van der Waals surface area contributed by atoms with E-state index < -0.39 is 5.54 Å². The number of carbonyl (C=O) groups excluding carboxylic acids is 2. The zero-order chi connectivity index (χ0) is 12.8. The lowest BCUT2D eigenvalue weighted by Crippen LogP contribution is -2.54. The third-order valence-corrected chi connectivity index (χ3v) is 4.84. The Kier molecular flexibility index (Phi) is 2.49. The maximum absolute atomic E-state index is 12.6. The SMILES string of the molecule is N#CCC[C@@]12CCC(=O)N1Cc1sccc1C2=O. The molecule has 92 valence electrons. The zero-order valence-electron chi connectivity index (χ0n) is 9.81. The number of hydrogen-bond acceptors (Lipinski definition) is 4. The Hall–Kier alpha value is -1.67. The number of nitrogens with zero attached hydrogens (tertiary/aromatic N) is 2. The molecule has 0 saturated carbocycles. The van der Waals surface area contributed by atoms with E-state index in [4.69, 9.17) is 5.26 Å². The number of nitriles is 1. The molecule has 0 spiro atoms. The van der Waals surface area contributed by atoms with Gasteiger partial charge in [0.2, 0.25) is 5.91 Å². The van der Waals surface area contributed by atoms with Crippen molar-refractivity contribution in [1.29, 1.82) is 5.26 Å². The molecule has 5 heteroatoms. The third-order valence-electron chi connectivity index (χ3n) is 3.93. The van der Waals surface area contributed by atoms with Gasteiger partial charge >= 0.3 is 0 Å². The maximum atomic E-state index is 12.6. The zero-order valence-corrected chi connectivity index (χ0v) is 10.6. The first-order valence-corrected chi connectivity index (χ1v) is 6.85. The Morgan fingerprint density at radius 1 is 1.50 bits per heavy atom. The molecule has 1 fully saturated rings. The summed E-state index contributed by atoms with van der Waals surface area (Å²) in [4.78, 5) is 27.3. The summed E-state index contributed by atoms with van der Waals surface area (Å²) in [5.41, 5.74) is 0.0184. The molecule has 0 radical (unpaired) electrons. The maximum Gasteiger partial charge on any atom is 0.223 e. The lowest BCUT2D eigenvalue weighted by molar-refractivity contribution is -0.131. The van der Waals surface area contributed by atoms with Crippen LogP contribution in [-0.2, 0) is 11.3 Å². The molecule has 2 aliphatic heterocycles. The first kappa shape index (κ1) is 11.4. The van der Waals surface area contributed by atoms with Crippen molar-refractivity contribution in [3.05, 3.63) is 21.9 Å². The second-order valence-corrected chi connectivity index (χ2v) is 5.76. The van der Waals surface area contributed by atoms with Crippen LogP contribution >= 0.6 is 11.3 Å². The summed E-state index contributed by atoms with van der Waals surface area (Å²) in [6.07, 6.45) is 1.76. The van der Waals surface area contributed by atoms with Crippen molar-refractivity contribution in [3.63, 3.8) is 0 Å². The normalized spacial score (nSPS) is 25.8. The van der Waals surface area contributed by atoms with Gasteiger partial charge in [0.1, 0.15) is 5.54 Å². The number of thiophene rings is 1. The molecule has 0 bridgehead atoms. The lowest BCUT2D eigenvalue weighted by Gasteiger charge is -2.40. The van der Waals surface area contributed by atoms with Gasteiger partial charge in [-0.25, -0.2) is 0 Å². The molecule has 1 saturated heterocycles. The minimum absolute atomic E-state index is 0.0334. The second kappa shape index (κ2) is 3.92. The smallest absolute Gasteiger partial charge is 0.223 e. The van der Waals surface area contributed by atoms with Gasteiger partial charge in [-0.05, 0) is 24.3 Å². The Morgan fingerprint density at radius 2 is 2.33 bits per heavy atom. The quantitative estimate of drug-likeness (QED) is 0.818. The highest BCUT2D eigenvalue weighted by Gasteiger charge is 2.53. The first-order chi connectivity index (χ1) is 8.69. The fraction of sp³-hybridized carbons (Fsp3) is 0.462. The summed E-state index contributed by atoms with van der Waals surface area (Å²) < 4.78 is 0. The van der Waals surface area contributed by atoms with Crippen molar-refractivity contribution < 1.29 is 9.59 Å². The van der Waals surface area contributed by atoms with E-state index in [-0.39, 0.29) is 11.7 Å². The van der Waals surface area contributed by atoms with Gasteiger partial charge in [0.25, 0.3) is 0 Å². The van der Waals surface area contributed by atoms with Crippen LogP contribution in [0.15, 0.2) is 11.4 Å². The average Bonchev–Trinajstić information content (AvgIpc) is 2.95. The molecule has 1 aromatic rings. The van der Waals surface area contributed by atoms with Crippen molar-refractivity contribution in [3.8, 4) is 6.07 Å². The van der Waals surface area contributed by atoms with Crippen molar-refractivity contribution in [2.24, 2.45) is 0 Å². The fourth-order valence-electron chi connectivity index (χ4n) is 2.99. The molecule has 0 aliphatic carbocycles. The number of Topliss-reactive ketones (excluding diaryl/α,β-unsaturated/α-hetero) is 1. The van der Waals surface area contributed by atoms with Crippen LogP contribution < -0.4 is 0 Å². The van der Waals surface area contributed by atoms with Gasteiger partial charge in [0.15, 0.2) is 5.78 Å². The molecule has 0 aromatic carbocycles. The molecule has 2 aliphatic rings. The summed E-state index contributed by atoms with van der Waals surface area (Å²) in [5, 5.41) is 10.7. The van der Waals surface area contributed by atoms with E-state index in [1.807, 2.05) is 11.4 Å². The van der Waals surface area contributed by atoms with Gasteiger partial charge < -0.3 is 4.90 Å². The molecule has 1 aromatic heterocycles. The number of rotatable bonds is 2. The number of ketones is 1. The van der Waals surface area contributed by atoms with E-state index in [9.17, 15) is 9.59 Å². The number of hydrogen-bond donors (Lipinski definition) is 0. The van der Waals surface area contributed by atoms with Crippen molar-refractivity contribution in [1.82, 2.24) is 4.90 Å². The van der Waals surface area contributed by atoms with Crippen LogP contribution in [0.1, 0.15) is 40.9 Å². The van der Waals surface area contributed by atoms with E-state index in [2.05, 4.69) is 6.07 Å². The van der Waals surface area contributed by atoms with Crippen molar-refractivity contribution in [2.75, 3.05) is 0 Å². The molecule has 18 heavy (non-hydrogen) atoms. The lowest BCUT2D eigenvalue weighted by atomic mass is 9.80. The van der Waals surface area contributed by atoms with Crippen LogP contribution in [0.25, 0.3) is 0 Å². The van der Waals surface area contributed by atoms with Crippen LogP contribution in [0.2, 0.25) is 0 Å². The standard InChI is InChI=1S/C13H12N2O2S/c14-6-1-4-13-5-2-11(16)15(13)8-10-9(12(13)17)3-7-18-10/h3,7H,1-2,4-5,8H2/t13-/m0/s1. The van der Waals surface area contributed by atoms with E-state index in [1.54, 1.807) is 4.90 Å². The molecule has 1 amide bonds. The van der Waals surface area contributed by atoms with Crippen LogP contribution in [0.3, 0.4) is 0 Å². The Bertz CT molecular complexity index is 572. The first-order valence-electron chi connectivity index (χ1n) is 5.97. The Labute approximate surface area is 109 Å². The predicted molar refractivity (Wildman–Crippen MR) is 66.0 cm³/mol. The van der Waals surface area contributed by atoms with Gasteiger partial charge in [-0.2, -0.15) is 5.26 Å². The van der Waals surface area contributed by atoms with Gasteiger partial charge in [-0.1, -0.05) is 0 Å². The van der Waals surface area contributed by atoms with Crippen LogP contribution in [-0.4, -0.2) is 22.1 Å². The summed E-state index contributed by atoms with van der Waals surface area (Å²) in [6, 6.07) is 3.93. The Morgan fingerprint density at radius 3 is 3.11 bits per heavy atom. The summed E-state index contributed by atoms with van der Waals surface area (Å²) in [7, 11) is 0. The largest absolute Gasteiger partial charge is 0.324 e. The minimum atomic E-state index is -0.735.